The van der Waals surface area contributed by atoms with Gasteiger partial charge < -0.3 is 15.4 Å². The second-order valence-electron chi connectivity index (χ2n) is 3.42. The zero-order chi connectivity index (χ0) is 13.1. The van der Waals surface area contributed by atoms with Crippen molar-refractivity contribution in [3.05, 3.63) is 51.0 Å². The summed E-state index contributed by atoms with van der Waals surface area (Å²) in [6.07, 6.45) is 1.28. The van der Waals surface area contributed by atoms with Crippen molar-refractivity contribution >= 4 is 33.4 Å². The predicted molar refractivity (Wildman–Crippen MR) is 69.2 cm³/mol. The third kappa shape index (κ3) is 2.75. The molecule has 0 saturated carbocycles. The number of benzene rings is 1. The summed E-state index contributed by atoms with van der Waals surface area (Å²) >= 11 is 3.25. The van der Waals surface area contributed by atoms with Crippen molar-refractivity contribution in [1.82, 2.24) is 9.97 Å². The van der Waals surface area contributed by atoms with Gasteiger partial charge in [0.25, 0.3) is 5.56 Å². The molecule has 0 spiro atoms. The number of carboxylic acids is 1. The molecule has 2 rings (SSSR count). The van der Waals surface area contributed by atoms with Crippen LogP contribution in [0.5, 0.6) is 0 Å². The van der Waals surface area contributed by atoms with E-state index in [9.17, 15) is 9.59 Å². The summed E-state index contributed by atoms with van der Waals surface area (Å²) in [5.41, 5.74) is 0.523. The van der Waals surface area contributed by atoms with Gasteiger partial charge in [0.2, 0.25) is 0 Å². The first kappa shape index (κ1) is 12.3. The molecule has 3 N–H and O–H groups in total. The van der Waals surface area contributed by atoms with Crippen molar-refractivity contribution in [3.8, 4) is 0 Å². The van der Waals surface area contributed by atoms with Crippen molar-refractivity contribution in [3.63, 3.8) is 0 Å². The van der Waals surface area contributed by atoms with Crippen LogP contribution in [0.25, 0.3) is 0 Å². The predicted octanol–water partition coefficient (Wildman–Crippen LogP) is 1.97. The van der Waals surface area contributed by atoms with Crippen molar-refractivity contribution in [2.75, 3.05) is 5.32 Å². The highest BCUT2D eigenvalue weighted by molar-refractivity contribution is 9.10. The molecular weight excluding hydrogens is 302 g/mol. The van der Waals surface area contributed by atoms with Crippen molar-refractivity contribution in [2.45, 2.75) is 0 Å². The Morgan fingerprint density at radius 1 is 1.39 bits per heavy atom. The van der Waals surface area contributed by atoms with E-state index in [-0.39, 0.29) is 11.1 Å². The number of nitrogens with zero attached hydrogens (tertiary/aromatic N) is 1. The van der Waals surface area contributed by atoms with Gasteiger partial charge in [-0.15, -0.1) is 0 Å². The minimum absolute atomic E-state index is 0.172. The number of anilines is 2. The number of rotatable bonds is 3. The number of aromatic nitrogens is 2. The third-order valence-corrected chi connectivity index (χ3v) is 2.81. The summed E-state index contributed by atoms with van der Waals surface area (Å²) in [5, 5.41) is 11.7. The fourth-order valence-corrected chi connectivity index (χ4v) is 1.80. The van der Waals surface area contributed by atoms with E-state index in [0.29, 0.717) is 16.0 Å². The Hall–Kier alpha value is -2.15. The van der Waals surface area contributed by atoms with E-state index >= 15 is 0 Å². The highest BCUT2D eigenvalue weighted by atomic mass is 79.9. The molecule has 0 bridgehead atoms. The molecule has 0 amide bonds. The van der Waals surface area contributed by atoms with Gasteiger partial charge in [-0.2, -0.15) is 0 Å². The summed E-state index contributed by atoms with van der Waals surface area (Å²) < 4.78 is 0.574. The van der Waals surface area contributed by atoms with Crippen molar-refractivity contribution in [2.24, 2.45) is 0 Å². The SMILES string of the molecule is O=C(O)c1ccc(Nc2cc(=O)[nH]cn2)c(Br)c1. The molecule has 0 fully saturated rings. The van der Waals surface area contributed by atoms with Gasteiger partial charge in [-0.3, -0.25) is 4.79 Å². The molecule has 0 atom stereocenters. The second-order valence-corrected chi connectivity index (χ2v) is 4.28. The van der Waals surface area contributed by atoms with Crippen LogP contribution < -0.4 is 10.9 Å². The summed E-state index contributed by atoms with van der Waals surface area (Å²) in [4.78, 5) is 28.2. The molecule has 1 aromatic carbocycles. The average molecular weight is 310 g/mol. The highest BCUT2D eigenvalue weighted by Gasteiger charge is 2.07. The van der Waals surface area contributed by atoms with E-state index in [4.69, 9.17) is 5.11 Å². The van der Waals surface area contributed by atoms with Gasteiger partial charge in [0.05, 0.1) is 17.6 Å². The summed E-state index contributed by atoms with van der Waals surface area (Å²) in [6, 6.07) is 5.83. The standard InChI is InChI=1S/C11H8BrN3O3/c12-7-3-6(11(17)18)1-2-8(7)15-9-4-10(16)14-5-13-9/h1-5H,(H,17,18)(H2,13,14,15,16). The maximum Gasteiger partial charge on any atom is 0.335 e. The molecule has 18 heavy (non-hydrogen) atoms. The number of H-pyrrole nitrogens is 1. The van der Waals surface area contributed by atoms with Crippen LogP contribution in [0.3, 0.4) is 0 Å². The summed E-state index contributed by atoms with van der Waals surface area (Å²) in [5.74, 6) is -0.626. The lowest BCUT2D eigenvalue weighted by atomic mass is 10.2. The minimum atomic E-state index is -1.00. The van der Waals surface area contributed by atoms with Crippen LogP contribution in [0.4, 0.5) is 11.5 Å². The van der Waals surface area contributed by atoms with E-state index < -0.39 is 5.97 Å². The maximum atomic E-state index is 11.1. The molecule has 0 aliphatic carbocycles. The first-order chi connectivity index (χ1) is 8.56. The lowest BCUT2D eigenvalue weighted by Crippen LogP contribution is -2.06. The summed E-state index contributed by atoms with van der Waals surface area (Å²) in [7, 11) is 0. The van der Waals surface area contributed by atoms with E-state index in [1.807, 2.05) is 0 Å². The van der Waals surface area contributed by atoms with Gasteiger partial charge in [-0.25, -0.2) is 9.78 Å². The number of aromatic carboxylic acids is 1. The highest BCUT2D eigenvalue weighted by Crippen LogP contribution is 2.25. The molecular formula is C11H8BrN3O3. The molecule has 92 valence electrons. The number of hydrogen-bond donors (Lipinski definition) is 3. The maximum absolute atomic E-state index is 11.1. The van der Waals surface area contributed by atoms with Crippen LogP contribution in [-0.4, -0.2) is 21.0 Å². The van der Waals surface area contributed by atoms with Crippen LogP contribution in [0, 0.1) is 0 Å². The number of aromatic amines is 1. The van der Waals surface area contributed by atoms with E-state index in [2.05, 4.69) is 31.2 Å². The second kappa shape index (κ2) is 5.01. The number of hydrogen-bond acceptors (Lipinski definition) is 4. The number of halogens is 1. The molecule has 0 saturated heterocycles. The monoisotopic (exact) mass is 309 g/mol. The Kier molecular flexibility index (Phi) is 3.42. The molecule has 2 aromatic rings. The molecule has 0 aliphatic heterocycles. The normalized spacial score (nSPS) is 10.1. The van der Waals surface area contributed by atoms with Crippen LogP contribution in [-0.2, 0) is 0 Å². The Bertz CT molecular complexity index is 654. The largest absolute Gasteiger partial charge is 0.478 e. The topological polar surface area (TPSA) is 95.1 Å². The molecule has 1 heterocycles. The first-order valence-electron chi connectivity index (χ1n) is 4.91. The zero-order valence-electron chi connectivity index (χ0n) is 8.98. The average Bonchev–Trinajstić information content (AvgIpc) is 2.31. The number of carbonyl (C=O) groups is 1. The Morgan fingerprint density at radius 2 is 2.17 bits per heavy atom. The fraction of sp³-hybridized carbons (Fsp3) is 0. The van der Waals surface area contributed by atoms with E-state index in [0.717, 1.165) is 0 Å². The number of carboxylic acid groups (broad SMARTS) is 1. The lowest BCUT2D eigenvalue weighted by Gasteiger charge is -2.07. The zero-order valence-corrected chi connectivity index (χ0v) is 10.6. The lowest BCUT2D eigenvalue weighted by molar-refractivity contribution is 0.0697. The molecule has 1 aromatic heterocycles. The Balaban J connectivity index is 2.30. The minimum Gasteiger partial charge on any atom is -0.478 e. The third-order valence-electron chi connectivity index (χ3n) is 2.16. The van der Waals surface area contributed by atoms with Crippen LogP contribution in [0.2, 0.25) is 0 Å². The van der Waals surface area contributed by atoms with Gasteiger partial charge in [0.15, 0.2) is 0 Å². The number of nitrogens with one attached hydrogen (secondary N) is 2. The molecule has 0 unspecified atom stereocenters. The van der Waals surface area contributed by atoms with E-state index in [1.165, 1.54) is 24.5 Å². The molecule has 6 nitrogen and oxygen atoms in total. The molecule has 0 aliphatic rings. The van der Waals surface area contributed by atoms with Gasteiger partial charge in [0, 0.05) is 10.5 Å². The van der Waals surface area contributed by atoms with Crippen molar-refractivity contribution < 1.29 is 9.90 Å². The molecule has 7 heteroatoms. The first-order valence-corrected chi connectivity index (χ1v) is 5.70. The van der Waals surface area contributed by atoms with Gasteiger partial charge in [0.1, 0.15) is 5.82 Å². The van der Waals surface area contributed by atoms with Gasteiger partial charge in [-0.05, 0) is 34.1 Å². The quantitative estimate of drug-likeness (QED) is 0.805. The van der Waals surface area contributed by atoms with Crippen LogP contribution in [0.1, 0.15) is 10.4 Å². The smallest absolute Gasteiger partial charge is 0.335 e. The van der Waals surface area contributed by atoms with Crippen molar-refractivity contribution in [1.29, 1.82) is 0 Å². The Morgan fingerprint density at radius 3 is 2.78 bits per heavy atom. The molecule has 0 radical (unpaired) electrons. The Labute approximate surface area is 110 Å². The van der Waals surface area contributed by atoms with Gasteiger partial charge >= 0.3 is 5.97 Å². The van der Waals surface area contributed by atoms with Crippen LogP contribution >= 0.6 is 15.9 Å². The summed E-state index contributed by atoms with van der Waals surface area (Å²) in [6.45, 7) is 0. The van der Waals surface area contributed by atoms with Crippen LogP contribution in [0.15, 0.2) is 39.9 Å². The van der Waals surface area contributed by atoms with E-state index in [1.54, 1.807) is 6.07 Å². The van der Waals surface area contributed by atoms with Gasteiger partial charge in [-0.1, -0.05) is 0 Å². The fourth-order valence-electron chi connectivity index (χ4n) is 1.32.